The third kappa shape index (κ3) is 9.39. The number of carbonyl (C=O) groups is 1. The van der Waals surface area contributed by atoms with Gasteiger partial charge in [-0.3, -0.25) is 0 Å². The molecule has 0 saturated heterocycles. The molecule has 4 atom stereocenters. The number of likely N-dealkylation sites (N-methyl/N-ethyl adjacent to an activating group) is 1. The van der Waals surface area contributed by atoms with Crippen LogP contribution in [0.1, 0.15) is 45.4 Å². The van der Waals surface area contributed by atoms with Crippen LogP contribution in [0.4, 0.5) is 4.79 Å². The second kappa shape index (κ2) is 13.4. The molecule has 0 radical (unpaired) electrons. The summed E-state index contributed by atoms with van der Waals surface area (Å²) in [6.07, 6.45) is 0.364. The van der Waals surface area contributed by atoms with Crippen molar-refractivity contribution in [3.63, 3.8) is 0 Å². The van der Waals surface area contributed by atoms with Gasteiger partial charge in [0, 0.05) is 13.6 Å². The van der Waals surface area contributed by atoms with E-state index >= 15 is 0 Å². The van der Waals surface area contributed by atoms with E-state index in [-0.39, 0.29) is 12.6 Å². The number of hydrogen-bond donors (Lipinski definition) is 6. The summed E-state index contributed by atoms with van der Waals surface area (Å²) in [5.41, 5.74) is 0. The molecule has 8 nitrogen and oxygen atoms in total. The summed E-state index contributed by atoms with van der Waals surface area (Å²) >= 11 is 0. The maximum Gasteiger partial charge on any atom is 0.317 e. The predicted molar refractivity (Wildman–Crippen MR) is 90.5 cm³/mol. The fourth-order valence-electron chi connectivity index (χ4n) is 2.27. The monoisotopic (exact) mass is 350 g/mol. The lowest BCUT2D eigenvalue weighted by Gasteiger charge is -2.28. The average molecular weight is 350 g/mol. The highest BCUT2D eigenvalue weighted by molar-refractivity contribution is 5.73. The lowest BCUT2D eigenvalue weighted by molar-refractivity contribution is -0.117. The predicted octanol–water partition coefficient (Wildman–Crippen LogP) is -0.576. The molecule has 0 aliphatic heterocycles. The Bertz CT molecular complexity index is 332. The third-order valence-corrected chi connectivity index (χ3v) is 3.94. The lowest BCUT2D eigenvalue weighted by atomic mass is 10.0. The molecule has 0 aromatic carbocycles. The van der Waals surface area contributed by atoms with E-state index < -0.39 is 31.0 Å². The zero-order chi connectivity index (χ0) is 18.5. The Morgan fingerprint density at radius 2 is 1.50 bits per heavy atom. The Balaban J connectivity index is 3.99. The molecule has 4 unspecified atom stereocenters. The summed E-state index contributed by atoms with van der Waals surface area (Å²) in [5.74, 6) is 0. The molecule has 144 valence electrons. The first kappa shape index (κ1) is 23.1. The molecule has 6 N–H and O–H groups in total. The van der Waals surface area contributed by atoms with Crippen molar-refractivity contribution in [3.8, 4) is 0 Å². The van der Waals surface area contributed by atoms with Crippen LogP contribution in [0.15, 0.2) is 0 Å². The number of rotatable bonds is 13. The molecule has 0 aliphatic rings. The van der Waals surface area contributed by atoms with Crippen LogP contribution in [0.2, 0.25) is 0 Å². The van der Waals surface area contributed by atoms with Gasteiger partial charge in [0.25, 0.3) is 0 Å². The van der Waals surface area contributed by atoms with Crippen LogP contribution >= 0.6 is 0 Å². The molecular formula is C16H34N2O6. The van der Waals surface area contributed by atoms with E-state index in [2.05, 4.69) is 12.2 Å². The van der Waals surface area contributed by atoms with Crippen LogP contribution in [0.3, 0.4) is 0 Å². The number of aliphatic hydroxyl groups is 5. The van der Waals surface area contributed by atoms with E-state index in [1.165, 1.54) is 31.2 Å². The molecule has 24 heavy (non-hydrogen) atoms. The number of urea groups is 1. The van der Waals surface area contributed by atoms with Crippen LogP contribution in [-0.4, -0.2) is 87.6 Å². The molecule has 0 rings (SSSR count). The first-order chi connectivity index (χ1) is 11.3. The van der Waals surface area contributed by atoms with Gasteiger partial charge in [0.1, 0.15) is 24.4 Å². The highest BCUT2D eigenvalue weighted by Gasteiger charge is 2.31. The van der Waals surface area contributed by atoms with Crippen molar-refractivity contribution in [1.29, 1.82) is 0 Å². The van der Waals surface area contributed by atoms with Gasteiger partial charge in [-0.05, 0) is 6.42 Å². The number of nitrogens with zero attached hydrogens (tertiary/aromatic N) is 1. The van der Waals surface area contributed by atoms with Crippen molar-refractivity contribution < 1.29 is 30.3 Å². The van der Waals surface area contributed by atoms with Crippen molar-refractivity contribution in [1.82, 2.24) is 10.2 Å². The standard InChI is InChI=1S/C16H34N2O6/c1-3-4-5-6-7-8-9-17-16(24)18(2)10-12(20)14(22)15(23)13(21)11-19/h12-15,19-23H,3-11H2,1-2H3,(H,17,24). The fraction of sp³-hybridized carbons (Fsp3) is 0.938. The molecule has 0 spiro atoms. The van der Waals surface area contributed by atoms with E-state index in [0.29, 0.717) is 6.54 Å². The summed E-state index contributed by atoms with van der Waals surface area (Å²) < 4.78 is 0. The molecule has 2 amide bonds. The second-order valence-corrected chi connectivity index (χ2v) is 6.18. The molecular weight excluding hydrogens is 316 g/mol. The van der Waals surface area contributed by atoms with Gasteiger partial charge in [-0.25, -0.2) is 4.79 Å². The topological polar surface area (TPSA) is 133 Å². The Kier molecular flexibility index (Phi) is 12.9. The van der Waals surface area contributed by atoms with Crippen LogP contribution in [-0.2, 0) is 0 Å². The lowest BCUT2D eigenvalue weighted by Crippen LogP contribution is -2.51. The molecule has 0 aromatic heterocycles. The van der Waals surface area contributed by atoms with Crippen molar-refractivity contribution in [2.24, 2.45) is 0 Å². The minimum Gasteiger partial charge on any atom is -0.394 e. The van der Waals surface area contributed by atoms with Gasteiger partial charge >= 0.3 is 6.03 Å². The van der Waals surface area contributed by atoms with Crippen molar-refractivity contribution >= 4 is 6.03 Å². The minimum atomic E-state index is -1.69. The summed E-state index contributed by atoms with van der Waals surface area (Å²) in [6, 6.07) is -0.382. The smallest absolute Gasteiger partial charge is 0.317 e. The fourth-order valence-corrected chi connectivity index (χ4v) is 2.27. The van der Waals surface area contributed by atoms with Crippen LogP contribution in [0.5, 0.6) is 0 Å². The van der Waals surface area contributed by atoms with Crippen LogP contribution in [0, 0.1) is 0 Å². The van der Waals surface area contributed by atoms with E-state index in [0.717, 1.165) is 19.3 Å². The normalized spacial score (nSPS) is 16.3. The van der Waals surface area contributed by atoms with Gasteiger partial charge in [-0.2, -0.15) is 0 Å². The van der Waals surface area contributed by atoms with Gasteiger partial charge in [0.05, 0.1) is 13.2 Å². The molecule has 0 bridgehead atoms. The summed E-state index contributed by atoms with van der Waals surface area (Å²) in [4.78, 5) is 13.1. The van der Waals surface area contributed by atoms with E-state index in [9.17, 15) is 25.2 Å². The third-order valence-electron chi connectivity index (χ3n) is 3.94. The summed E-state index contributed by atoms with van der Waals surface area (Å²) in [6.45, 7) is 1.75. The summed E-state index contributed by atoms with van der Waals surface area (Å²) in [7, 11) is 1.46. The minimum absolute atomic E-state index is 0.210. The van der Waals surface area contributed by atoms with Crippen molar-refractivity contribution in [3.05, 3.63) is 0 Å². The number of amides is 2. The Morgan fingerprint density at radius 1 is 0.958 bits per heavy atom. The Morgan fingerprint density at radius 3 is 2.08 bits per heavy atom. The van der Waals surface area contributed by atoms with Crippen molar-refractivity contribution in [2.75, 3.05) is 26.7 Å². The molecule has 0 fully saturated rings. The van der Waals surface area contributed by atoms with E-state index in [1.54, 1.807) is 0 Å². The molecule has 0 saturated carbocycles. The van der Waals surface area contributed by atoms with Gasteiger partial charge in [-0.15, -0.1) is 0 Å². The Labute approximate surface area is 144 Å². The first-order valence-electron chi connectivity index (χ1n) is 8.67. The van der Waals surface area contributed by atoms with Gasteiger partial charge in [0.2, 0.25) is 0 Å². The zero-order valence-electron chi connectivity index (χ0n) is 14.8. The van der Waals surface area contributed by atoms with E-state index in [4.69, 9.17) is 5.11 Å². The molecule has 0 heterocycles. The van der Waals surface area contributed by atoms with E-state index in [1.807, 2.05) is 0 Å². The number of hydrogen-bond acceptors (Lipinski definition) is 6. The van der Waals surface area contributed by atoms with Crippen molar-refractivity contribution in [2.45, 2.75) is 69.9 Å². The average Bonchev–Trinajstić information content (AvgIpc) is 2.58. The maximum absolute atomic E-state index is 11.9. The van der Waals surface area contributed by atoms with Gasteiger partial charge in [0.15, 0.2) is 0 Å². The second-order valence-electron chi connectivity index (χ2n) is 6.18. The maximum atomic E-state index is 11.9. The van der Waals surface area contributed by atoms with Crippen LogP contribution in [0.25, 0.3) is 0 Å². The Hall–Kier alpha value is -0.930. The summed E-state index contributed by atoms with van der Waals surface area (Å²) in [5, 5.41) is 49.7. The SMILES string of the molecule is CCCCCCCCNC(=O)N(C)CC(O)C(O)C(O)C(O)CO. The molecule has 8 heteroatoms. The molecule has 0 aromatic rings. The highest BCUT2D eigenvalue weighted by Crippen LogP contribution is 2.07. The highest BCUT2D eigenvalue weighted by atomic mass is 16.4. The van der Waals surface area contributed by atoms with Gasteiger partial charge in [-0.1, -0.05) is 39.0 Å². The quantitative estimate of drug-likeness (QED) is 0.246. The largest absolute Gasteiger partial charge is 0.394 e. The number of nitrogens with one attached hydrogen (secondary N) is 1. The molecule has 0 aliphatic carbocycles. The van der Waals surface area contributed by atoms with Gasteiger partial charge < -0.3 is 35.7 Å². The van der Waals surface area contributed by atoms with Crippen LogP contribution < -0.4 is 5.32 Å². The number of unbranched alkanes of at least 4 members (excludes halogenated alkanes) is 5. The number of carbonyl (C=O) groups excluding carboxylic acids is 1. The number of aliphatic hydroxyl groups excluding tert-OH is 5. The first-order valence-corrected chi connectivity index (χ1v) is 8.67. The zero-order valence-corrected chi connectivity index (χ0v) is 14.8.